The van der Waals surface area contributed by atoms with Crippen LogP contribution >= 0.6 is 15.9 Å². The van der Waals surface area contributed by atoms with Gasteiger partial charge in [0.25, 0.3) is 0 Å². The number of nitrogens with one attached hydrogen (secondary N) is 1. The molecule has 3 heteroatoms. The fourth-order valence-electron chi connectivity index (χ4n) is 2.97. The molecule has 1 aliphatic rings. The molecular formula is C18H28BrNO. The predicted molar refractivity (Wildman–Crippen MR) is 92.8 cm³/mol. The monoisotopic (exact) mass is 353 g/mol. The van der Waals surface area contributed by atoms with Gasteiger partial charge in [-0.3, -0.25) is 0 Å². The minimum Gasteiger partial charge on any atom is -0.489 e. The van der Waals surface area contributed by atoms with E-state index in [2.05, 4.69) is 60.2 Å². The van der Waals surface area contributed by atoms with Crippen LogP contribution < -0.4 is 10.1 Å². The van der Waals surface area contributed by atoms with E-state index in [1.807, 2.05) is 0 Å². The first-order valence-electron chi connectivity index (χ1n) is 8.27. The van der Waals surface area contributed by atoms with Gasteiger partial charge in [0.1, 0.15) is 5.75 Å². The van der Waals surface area contributed by atoms with Crippen LogP contribution in [0.3, 0.4) is 0 Å². The highest BCUT2D eigenvalue weighted by molar-refractivity contribution is 9.10. The maximum absolute atomic E-state index is 6.23. The molecule has 2 nitrogen and oxygen atoms in total. The highest BCUT2D eigenvalue weighted by Crippen LogP contribution is 2.33. The lowest BCUT2D eigenvalue weighted by Crippen LogP contribution is -2.25. The molecule has 0 radical (unpaired) electrons. The second-order valence-electron chi connectivity index (χ2n) is 6.48. The van der Waals surface area contributed by atoms with Crippen LogP contribution in [0.25, 0.3) is 0 Å². The first-order valence-corrected chi connectivity index (χ1v) is 9.06. The van der Waals surface area contributed by atoms with Crippen molar-refractivity contribution < 1.29 is 4.74 Å². The zero-order valence-electron chi connectivity index (χ0n) is 13.5. The van der Waals surface area contributed by atoms with Crippen molar-refractivity contribution in [1.29, 1.82) is 0 Å². The van der Waals surface area contributed by atoms with Crippen molar-refractivity contribution in [2.45, 2.75) is 71.6 Å². The highest BCUT2D eigenvalue weighted by Gasteiger charge is 2.22. The average molecular weight is 354 g/mol. The molecule has 118 valence electrons. The first-order chi connectivity index (χ1) is 10.1. The lowest BCUT2D eigenvalue weighted by Gasteiger charge is -2.29. The zero-order chi connectivity index (χ0) is 15.2. The summed E-state index contributed by atoms with van der Waals surface area (Å²) in [7, 11) is 0. The Bertz CT molecular complexity index is 447. The molecule has 0 saturated heterocycles. The lowest BCUT2D eigenvalue weighted by molar-refractivity contribution is 0.121. The molecule has 0 heterocycles. The summed E-state index contributed by atoms with van der Waals surface area (Å²) in [6.45, 7) is 7.52. The predicted octanol–water partition coefficient (Wildman–Crippen LogP) is 5.29. The molecule has 1 saturated carbocycles. The van der Waals surface area contributed by atoms with Crippen LogP contribution in [0, 0.1) is 5.92 Å². The van der Waals surface area contributed by atoms with Crippen LogP contribution in [-0.4, -0.2) is 12.1 Å². The van der Waals surface area contributed by atoms with Gasteiger partial charge in [0.2, 0.25) is 0 Å². The van der Waals surface area contributed by atoms with E-state index in [1.165, 1.54) is 37.7 Å². The second kappa shape index (κ2) is 8.19. The van der Waals surface area contributed by atoms with E-state index >= 15 is 0 Å². The van der Waals surface area contributed by atoms with Gasteiger partial charge in [-0.2, -0.15) is 0 Å². The Morgan fingerprint density at radius 1 is 1.33 bits per heavy atom. The van der Waals surface area contributed by atoms with Crippen molar-refractivity contribution in [3.63, 3.8) is 0 Å². The van der Waals surface area contributed by atoms with Gasteiger partial charge in [-0.15, -0.1) is 0 Å². The largest absolute Gasteiger partial charge is 0.489 e. The molecule has 0 aromatic heterocycles. The van der Waals surface area contributed by atoms with Crippen molar-refractivity contribution in [3.05, 3.63) is 28.2 Å². The summed E-state index contributed by atoms with van der Waals surface area (Å²) in [6, 6.07) is 6.95. The van der Waals surface area contributed by atoms with Gasteiger partial charge in [-0.05, 0) is 58.8 Å². The number of halogens is 1. The highest BCUT2D eigenvalue weighted by atomic mass is 79.9. The van der Waals surface area contributed by atoms with Gasteiger partial charge in [-0.25, -0.2) is 0 Å². The smallest absolute Gasteiger partial charge is 0.133 e. The fraction of sp³-hybridized carbons (Fsp3) is 0.667. The number of ether oxygens (including phenoxy) is 1. The van der Waals surface area contributed by atoms with Crippen LogP contribution in [0.4, 0.5) is 0 Å². The Morgan fingerprint density at radius 2 is 2.14 bits per heavy atom. The van der Waals surface area contributed by atoms with Crippen molar-refractivity contribution in [1.82, 2.24) is 5.32 Å². The van der Waals surface area contributed by atoms with Crippen molar-refractivity contribution in [2.75, 3.05) is 0 Å². The summed E-state index contributed by atoms with van der Waals surface area (Å²) in [5, 5.41) is 3.44. The molecule has 0 spiro atoms. The summed E-state index contributed by atoms with van der Waals surface area (Å²) < 4.78 is 7.30. The number of hydrogen-bond acceptors (Lipinski definition) is 2. The van der Waals surface area contributed by atoms with Gasteiger partial charge in [0, 0.05) is 12.6 Å². The van der Waals surface area contributed by atoms with Gasteiger partial charge >= 0.3 is 0 Å². The fourth-order valence-corrected chi connectivity index (χ4v) is 3.49. The van der Waals surface area contributed by atoms with Crippen molar-refractivity contribution in [3.8, 4) is 5.75 Å². The Hall–Kier alpha value is -0.540. The van der Waals surface area contributed by atoms with Gasteiger partial charge in [0.15, 0.2) is 0 Å². The van der Waals surface area contributed by atoms with E-state index in [0.717, 1.165) is 22.7 Å². The van der Waals surface area contributed by atoms with Gasteiger partial charge in [0.05, 0.1) is 10.6 Å². The minimum atomic E-state index is 0.389. The summed E-state index contributed by atoms with van der Waals surface area (Å²) >= 11 is 3.66. The van der Waals surface area contributed by atoms with Crippen LogP contribution in [-0.2, 0) is 6.54 Å². The van der Waals surface area contributed by atoms with Crippen LogP contribution in [0.2, 0.25) is 0 Å². The van der Waals surface area contributed by atoms with E-state index < -0.39 is 0 Å². The quantitative estimate of drug-likeness (QED) is 0.749. The van der Waals surface area contributed by atoms with E-state index in [-0.39, 0.29) is 0 Å². The molecule has 1 aromatic rings. The maximum atomic E-state index is 6.23. The molecule has 2 atom stereocenters. The Morgan fingerprint density at radius 3 is 2.81 bits per heavy atom. The van der Waals surface area contributed by atoms with Gasteiger partial charge in [-0.1, -0.05) is 39.7 Å². The molecule has 0 bridgehead atoms. The van der Waals surface area contributed by atoms with E-state index in [9.17, 15) is 0 Å². The topological polar surface area (TPSA) is 21.3 Å². The summed E-state index contributed by atoms with van der Waals surface area (Å²) in [6.07, 6.45) is 6.74. The molecule has 2 rings (SSSR count). The molecule has 1 aromatic carbocycles. The Labute approximate surface area is 137 Å². The number of hydrogen-bond donors (Lipinski definition) is 1. The van der Waals surface area contributed by atoms with Crippen molar-refractivity contribution >= 4 is 15.9 Å². The molecule has 1 fully saturated rings. The average Bonchev–Trinajstić information content (AvgIpc) is 2.48. The van der Waals surface area contributed by atoms with Crippen LogP contribution in [0.1, 0.15) is 58.4 Å². The summed E-state index contributed by atoms with van der Waals surface area (Å²) in [5.74, 6) is 1.84. The van der Waals surface area contributed by atoms with E-state index in [4.69, 9.17) is 4.74 Å². The maximum Gasteiger partial charge on any atom is 0.133 e. The summed E-state index contributed by atoms with van der Waals surface area (Å²) in [5.41, 5.74) is 1.29. The van der Waals surface area contributed by atoms with Gasteiger partial charge < -0.3 is 10.1 Å². The molecule has 1 aliphatic carbocycles. The number of benzene rings is 1. The number of rotatable bonds is 6. The molecule has 0 aliphatic heterocycles. The summed E-state index contributed by atoms with van der Waals surface area (Å²) in [4.78, 5) is 0. The molecular weight excluding hydrogens is 326 g/mol. The minimum absolute atomic E-state index is 0.389. The molecule has 0 amide bonds. The first kappa shape index (κ1) is 16.8. The third-order valence-corrected chi connectivity index (χ3v) is 4.94. The van der Waals surface area contributed by atoms with E-state index in [1.54, 1.807) is 0 Å². The SMILES string of the molecule is CCC1CCCC(Oc2ccc(CNC(C)C)cc2Br)C1. The zero-order valence-corrected chi connectivity index (χ0v) is 15.1. The Balaban J connectivity index is 1.94. The standard InChI is InChI=1S/C18H28BrNO/c1-4-14-6-5-7-16(10-14)21-18-9-8-15(11-17(18)19)12-20-13(2)3/h8-9,11,13-14,16,20H,4-7,10,12H2,1-3H3. The third kappa shape index (κ3) is 5.30. The van der Waals surface area contributed by atoms with Crippen LogP contribution in [0.15, 0.2) is 22.7 Å². The molecule has 1 N–H and O–H groups in total. The second-order valence-corrected chi connectivity index (χ2v) is 7.34. The third-order valence-electron chi connectivity index (χ3n) is 4.32. The molecule has 21 heavy (non-hydrogen) atoms. The van der Waals surface area contributed by atoms with Crippen LogP contribution in [0.5, 0.6) is 5.75 Å². The normalized spacial score (nSPS) is 22.5. The van der Waals surface area contributed by atoms with E-state index in [0.29, 0.717) is 12.1 Å². The van der Waals surface area contributed by atoms with Crippen molar-refractivity contribution in [2.24, 2.45) is 5.92 Å². The lowest BCUT2D eigenvalue weighted by atomic mass is 9.85. The molecule has 2 unspecified atom stereocenters. The Kier molecular flexibility index (Phi) is 6.56.